The average molecular weight is 343 g/mol. The van der Waals surface area contributed by atoms with E-state index in [1.807, 2.05) is 11.4 Å². The molecule has 0 aromatic carbocycles. The number of nitrogens with one attached hydrogen (secondary N) is 2. The number of anilines is 2. The molecule has 2 aromatic heterocycles. The van der Waals surface area contributed by atoms with Crippen molar-refractivity contribution in [2.45, 2.75) is 6.54 Å². The fourth-order valence-corrected chi connectivity index (χ4v) is 2.88. The largest absolute Gasteiger partial charge is 0.373 e. The summed E-state index contributed by atoms with van der Waals surface area (Å²) in [4.78, 5) is 15.7. The van der Waals surface area contributed by atoms with Crippen molar-refractivity contribution in [3.05, 3.63) is 43.0 Å². The molecule has 0 amide bonds. The molecule has 0 atom stereocenters. The highest BCUT2D eigenvalue weighted by molar-refractivity contribution is 9.10. The SMILES string of the molecule is CNc1ccc([N+](=O)[O-])c(NCc2cc(Br)cs2)n1. The number of nitrogens with zero attached hydrogens (tertiary/aromatic N) is 2. The maximum absolute atomic E-state index is 10.9. The molecule has 0 aliphatic heterocycles. The Morgan fingerprint density at radius 1 is 1.53 bits per heavy atom. The molecule has 0 saturated carbocycles. The summed E-state index contributed by atoms with van der Waals surface area (Å²) in [6, 6.07) is 4.97. The summed E-state index contributed by atoms with van der Waals surface area (Å²) < 4.78 is 1.00. The van der Waals surface area contributed by atoms with E-state index < -0.39 is 4.92 Å². The van der Waals surface area contributed by atoms with Crippen molar-refractivity contribution in [3.8, 4) is 0 Å². The number of hydrogen-bond acceptors (Lipinski definition) is 6. The fraction of sp³-hybridized carbons (Fsp3) is 0.182. The summed E-state index contributed by atoms with van der Waals surface area (Å²) in [6.07, 6.45) is 0. The highest BCUT2D eigenvalue weighted by Gasteiger charge is 2.15. The molecule has 19 heavy (non-hydrogen) atoms. The summed E-state index contributed by atoms with van der Waals surface area (Å²) in [7, 11) is 1.72. The Hall–Kier alpha value is -1.67. The highest BCUT2D eigenvalue weighted by Crippen LogP contribution is 2.26. The molecular formula is C11H11BrN4O2S. The first-order valence-electron chi connectivity index (χ1n) is 5.40. The maximum Gasteiger partial charge on any atom is 0.311 e. The Morgan fingerprint density at radius 2 is 2.32 bits per heavy atom. The van der Waals surface area contributed by atoms with Crippen LogP contribution in [0.1, 0.15) is 4.88 Å². The molecule has 100 valence electrons. The fourth-order valence-electron chi connectivity index (χ4n) is 1.49. The molecule has 0 saturated heterocycles. The zero-order valence-electron chi connectivity index (χ0n) is 10.0. The second kappa shape index (κ2) is 5.98. The number of nitro groups is 1. The predicted octanol–water partition coefficient (Wildman–Crippen LogP) is 3.47. The van der Waals surface area contributed by atoms with Crippen LogP contribution >= 0.6 is 27.3 Å². The lowest BCUT2D eigenvalue weighted by Gasteiger charge is -2.07. The van der Waals surface area contributed by atoms with E-state index in [2.05, 4.69) is 31.5 Å². The summed E-state index contributed by atoms with van der Waals surface area (Å²) in [6.45, 7) is 0.497. The van der Waals surface area contributed by atoms with E-state index in [1.54, 1.807) is 24.5 Å². The lowest BCUT2D eigenvalue weighted by Crippen LogP contribution is -2.05. The van der Waals surface area contributed by atoms with Crippen molar-refractivity contribution in [1.82, 2.24) is 4.98 Å². The third-order valence-electron chi connectivity index (χ3n) is 2.38. The number of pyridine rings is 1. The van der Waals surface area contributed by atoms with E-state index >= 15 is 0 Å². The van der Waals surface area contributed by atoms with Crippen LogP contribution < -0.4 is 10.6 Å². The van der Waals surface area contributed by atoms with Gasteiger partial charge in [-0.05, 0) is 28.1 Å². The third kappa shape index (κ3) is 3.42. The van der Waals surface area contributed by atoms with Gasteiger partial charge in [0.2, 0.25) is 5.82 Å². The first-order chi connectivity index (χ1) is 9.10. The van der Waals surface area contributed by atoms with Gasteiger partial charge in [-0.3, -0.25) is 10.1 Å². The molecule has 8 heteroatoms. The van der Waals surface area contributed by atoms with Crippen LogP contribution in [0.25, 0.3) is 0 Å². The number of rotatable bonds is 5. The van der Waals surface area contributed by atoms with Gasteiger partial charge in [0.1, 0.15) is 5.82 Å². The number of thiophene rings is 1. The van der Waals surface area contributed by atoms with Crippen molar-refractivity contribution < 1.29 is 4.92 Å². The molecule has 0 aliphatic carbocycles. The molecule has 0 unspecified atom stereocenters. The smallest absolute Gasteiger partial charge is 0.311 e. The molecule has 0 aliphatic rings. The normalized spacial score (nSPS) is 10.2. The molecule has 0 bridgehead atoms. The highest BCUT2D eigenvalue weighted by atomic mass is 79.9. The second-order valence-corrected chi connectivity index (χ2v) is 5.57. The summed E-state index contributed by atoms with van der Waals surface area (Å²) in [5.74, 6) is 0.849. The Morgan fingerprint density at radius 3 is 2.89 bits per heavy atom. The Kier molecular flexibility index (Phi) is 4.33. The Bertz CT molecular complexity index is 602. The van der Waals surface area contributed by atoms with Gasteiger partial charge in [-0.25, -0.2) is 4.98 Å². The lowest BCUT2D eigenvalue weighted by atomic mass is 10.3. The molecule has 0 fully saturated rings. The van der Waals surface area contributed by atoms with Crippen LogP contribution in [0.3, 0.4) is 0 Å². The van der Waals surface area contributed by atoms with Crippen LogP contribution in [-0.4, -0.2) is 17.0 Å². The van der Waals surface area contributed by atoms with Gasteiger partial charge >= 0.3 is 5.69 Å². The molecular weight excluding hydrogens is 332 g/mol. The Labute approximate surface area is 122 Å². The first kappa shape index (κ1) is 13.8. The molecule has 2 aromatic rings. The second-order valence-electron chi connectivity index (χ2n) is 3.66. The van der Waals surface area contributed by atoms with E-state index in [0.29, 0.717) is 12.4 Å². The van der Waals surface area contributed by atoms with Crippen LogP contribution in [0.4, 0.5) is 17.3 Å². The zero-order valence-corrected chi connectivity index (χ0v) is 12.4. The van der Waals surface area contributed by atoms with Crippen LogP contribution in [0, 0.1) is 10.1 Å². The topological polar surface area (TPSA) is 80.1 Å². The standard InChI is InChI=1S/C11H11BrN4O2S/c1-13-10-3-2-9(16(17)18)11(15-10)14-5-8-4-7(12)6-19-8/h2-4,6H,5H2,1H3,(H2,13,14,15). The van der Waals surface area contributed by atoms with Crippen LogP contribution in [0.2, 0.25) is 0 Å². The first-order valence-corrected chi connectivity index (χ1v) is 7.07. The number of aromatic nitrogens is 1. The number of halogens is 1. The van der Waals surface area contributed by atoms with E-state index in [0.717, 1.165) is 9.35 Å². The summed E-state index contributed by atoms with van der Waals surface area (Å²) >= 11 is 4.94. The van der Waals surface area contributed by atoms with Crippen LogP contribution in [-0.2, 0) is 6.54 Å². The molecule has 0 spiro atoms. The molecule has 0 radical (unpaired) electrons. The van der Waals surface area contributed by atoms with Crippen molar-refractivity contribution in [1.29, 1.82) is 0 Å². The van der Waals surface area contributed by atoms with Gasteiger partial charge in [0.15, 0.2) is 0 Å². The molecule has 2 N–H and O–H groups in total. The van der Waals surface area contributed by atoms with E-state index in [1.165, 1.54) is 6.07 Å². The quantitative estimate of drug-likeness (QED) is 0.642. The Balaban J connectivity index is 2.19. The summed E-state index contributed by atoms with van der Waals surface area (Å²) in [5.41, 5.74) is -0.0328. The van der Waals surface area contributed by atoms with Crippen LogP contribution in [0.15, 0.2) is 28.1 Å². The van der Waals surface area contributed by atoms with Crippen LogP contribution in [0.5, 0.6) is 0 Å². The van der Waals surface area contributed by atoms with Gasteiger partial charge < -0.3 is 10.6 Å². The predicted molar refractivity (Wildman–Crippen MR) is 79.8 cm³/mol. The van der Waals surface area contributed by atoms with Crippen molar-refractivity contribution in [3.63, 3.8) is 0 Å². The van der Waals surface area contributed by atoms with Crippen molar-refractivity contribution in [2.24, 2.45) is 0 Å². The maximum atomic E-state index is 10.9. The van der Waals surface area contributed by atoms with Gasteiger partial charge in [-0.2, -0.15) is 0 Å². The minimum absolute atomic E-state index is 0.0328. The van der Waals surface area contributed by atoms with Gasteiger partial charge in [0.25, 0.3) is 0 Å². The monoisotopic (exact) mass is 342 g/mol. The molecule has 2 rings (SSSR count). The van der Waals surface area contributed by atoms with E-state index in [9.17, 15) is 10.1 Å². The zero-order chi connectivity index (χ0) is 13.8. The van der Waals surface area contributed by atoms with Gasteiger partial charge in [0, 0.05) is 27.8 Å². The number of hydrogen-bond donors (Lipinski definition) is 2. The average Bonchev–Trinajstić information content (AvgIpc) is 2.81. The minimum Gasteiger partial charge on any atom is -0.373 e. The van der Waals surface area contributed by atoms with Gasteiger partial charge in [-0.15, -0.1) is 11.3 Å². The lowest BCUT2D eigenvalue weighted by molar-refractivity contribution is -0.384. The molecule has 2 heterocycles. The minimum atomic E-state index is -0.445. The molecule has 6 nitrogen and oxygen atoms in total. The van der Waals surface area contributed by atoms with Gasteiger partial charge in [0.05, 0.1) is 11.5 Å². The third-order valence-corrected chi connectivity index (χ3v) is 4.08. The van der Waals surface area contributed by atoms with Crippen molar-refractivity contribution in [2.75, 3.05) is 17.7 Å². The van der Waals surface area contributed by atoms with Crippen molar-refractivity contribution >= 4 is 44.6 Å². The van der Waals surface area contributed by atoms with E-state index in [-0.39, 0.29) is 11.5 Å². The van der Waals surface area contributed by atoms with E-state index in [4.69, 9.17) is 0 Å². The summed E-state index contributed by atoms with van der Waals surface area (Å²) in [5, 5.41) is 18.8. The van der Waals surface area contributed by atoms with Gasteiger partial charge in [-0.1, -0.05) is 0 Å².